The number of rotatable bonds is 14. The first kappa shape index (κ1) is 27.0. The zero-order valence-corrected chi connectivity index (χ0v) is 17.6. The lowest BCUT2D eigenvalue weighted by Gasteiger charge is -2.23. The van der Waals surface area contributed by atoms with E-state index in [-0.39, 0.29) is 12.8 Å². The lowest BCUT2D eigenvalue weighted by molar-refractivity contribution is -0.143. The van der Waals surface area contributed by atoms with Crippen LogP contribution in [0.5, 0.6) is 0 Å². The molecule has 15 nitrogen and oxygen atoms in total. The molecule has 0 saturated heterocycles. The molecule has 0 aliphatic heterocycles. The lowest BCUT2D eigenvalue weighted by Crippen LogP contribution is -2.57. The Balaban J connectivity index is 2.92. The third-order valence-electron chi connectivity index (χ3n) is 4.35. The van der Waals surface area contributed by atoms with E-state index in [9.17, 15) is 28.8 Å². The van der Waals surface area contributed by atoms with Crippen LogP contribution in [0, 0.1) is 0 Å². The van der Waals surface area contributed by atoms with Gasteiger partial charge in [0, 0.05) is 24.7 Å². The van der Waals surface area contributed by atoms with E-state index < -0.39 is 72.6 Å². The maximum absolute atomic E-state index is 12.7. The molecule has 1 aromatic rings. The largest absolute Gasteiger partial charge is 0.481 e. The molecule has 0 bridgehead atoms. The second-order valence-electron chi connectivity index (χ2n) is 7.11. The van der Waals surface area contributed by atoms with Gasteiger partial charge in [0.15, 0.2) is 0 Å². The molecule has 182 valence electrons. The van der Waals surface area contributed by atoms with Crippen molar-refractivity contribution in [3.05, 3.63) is 18.2 Å². The standard InChI is InChI=1S/C18H26N6O9/c1-8(18(32)33)22-17(31)12(5-14(27)28)24-16(30)11(2-3-13(25)26)23-15(29)10(19)4-9-6-20-7-21-9/h6-8,10-12H,2-5,19H2,1H3,(H,20,21)(H,22,31)(H,23,29)(H,24,30)(H,25,26)(H,27,28)(H,32,33)/t8-,10-,11-,12-/m0/s1. The van der Waals surface area contributed by atoms with Crippen LogP contribution in [0.3, 0.4) is 0 Å². The predicted molar refractivity (Wildman–Crippen MR) is 108 cm³/mol. The second-order valence-corrected chi connectivity index (χ2v) is 7.11. The molecule has 0 spiro atoms. The zero-order valence-electron chi connectivity index (χ0n) is 17.6. The summed E-state index contributed by atoms with van der Waals surface area (Å²) >= 11 is 0. The third-order valence-corrected chi connectivity index (χ3v) is 4.35. The van der Waals surface area contributed by atoms with E-state index in [1.54, 1.807) is 0 Å². The Bertz CT molecular complexity index is 873. The van der Waals surface area contributed by atoms with Gasteiger partial charge in [-0.1, -0.05) is 0 Å². The number of imidazole rings is 1. The fraction of sp³-hybridized carbons (Fsp3) is 0.500. The van der Waals surface area contributed by atoms with Crippen LogP contribution in [0.2, 0.25) is 0 Å². The molecule has 0 aliphatic carbocycles. The third kappa shape index (κ3) is 9.77. The number of carboxylic acids is 3. The highest BCUT2D eigenvalue weighted by Gasteiger charge is 2.31. The molecule has 33 heavy (non-hydrogen) atoms. The molecule has 0 fully saturated rings. The highest BCUT2D eigenvalue weighted by Crippen LogP contribution is 2.04. The Kier molecular flexibility index (Phi) is 10.4. The summed E-state index contributed by atoms with van der Waals surface area (Å²) < 4.78 is 0. The van der Waals surface area contributed by atoms with E-state index in [0.29, 0.717) is 5.69 Å². The molecule has 0 saturated carbocycles. The molecule has 4 atom stereocenters. The predicted octanol–water partition coefficient (Wildman–Crippen LogP) is -2.82. The molecule has 0 radical (unpaired) electrons. The normalized spacial score (nSPS) is 14.2. The number of aromatic amines is 1. The molecule has 3 amide bonds. The van der Waals surface area contributed by atoms with Crippen molar-refractivity contribution in [1.29, 1.82) is 0 Å². The quantitative estimate of drug-likeness (QED) is 0.137. The molecule has 1 aromatic heterocycles. The van der Waals surface area contributed by atoms with Crippen LogP contribution in [-0.4, -0.2) is 85.1 Å². The first-order valence-corrected chi connectivity index (χ1v) is 9.71. The van der Waals surface area contributed by atoms with Gasteiger partial charge in [0.25, 0.3) is 0 Å². The number of H-pyrrole nitrogens is 1. The van der Waals surface area contributed by atoms with Gasteiger partial charge in [-0.15, -0.1) is 0 Å². The number of hydrogen-bond donors (Lipinski definition) is 8. The van der Waals surface area contributed by atoms with Crippen LogP contribution in [0.25, 0.3) is 0 Å². The topological polar surface area (TPSA) is 254 Å². The van der Waals surface area contributed by atoms with E-state index in [2.05, 4.69) is 20.6 Å². The van der Waals surface area contributed by atoms with E-state index in [0.717, 1.165) is 6.92 Å². The molecule has 9 N–H and O–H groups in total. The number of hydrogen-bond acceptors (Lipinski definition) is 8. The summed E-state index contributed by atoms with van der Waals surface area (Å²) in [6.07, 6.45) is 1.06. The molecule has 0 unspecified atom stereocenters. The number of carbonyl (C=O) groups excluding carboxylic acids is 3. The van der Waals surface area contributed by atoms with E-state index in [1.807, 2.05) is 5.32 Å². The van der Waals surface area contributed by atoms with Gasteiger partial charge >= 0.3 is 17.9 Å². The second kappa shape index (κ2) is 12.7. The summed E-state index contributed by atoms with van der Waals surface area (Å²) in [6, 6.07) is -5.63. The van der Waals surface area contributed by atoms with Crippen molar-refractivity contribution in [3.63, 3.8) is 0 Å². The SMILES string of the molecule is C[C@H](NC(=O)[C@H](CC(=O)O)NC(=O)[C@H](CCC(=O)O)NC(=O)[C@@H](N)Cc1cnc[nH]1)C(=O)O. The van der Waals surface area contributed by atoms with Gasteiger partial charge in [-0.05, 0) is 13.3 Å². The minimum atomic E-state index is -1.68. The van der Waals surface area contributed by atoms with Crippen LogP contribution < -0.4 is 21.7 Å². The minimum absolute atomic E-state index is 0.0379. The van der Waals surface area contributed by atoms with Crippen molar-refractivity contribution in [1.82, 2.24) is 25.9 Å². The molecule has 1 rings (SSSR count). The molecule has 1 heterocycles. The Morgan fingerprint density at radius 3 is 2.09 bits per heavy atom. The van der Waals surface area contributed by atoms with Crippen molar-refractivity contribution >= 4 is 35.6 Å². The number of aliphatic carboxylic acids is 3. The fourth-order valence-electron chi connectivity index (χ4n) is 2.57. The summed E-state index contributed by atoms with van der Waals surface area (Å²) in [5.74, 6) is -7.04. The molecular formula is C18H26N6O9. The summed E-state index contributed by atoms with van der Waals surface area (Å²) in [5, 5.41) is 33.3. The minimum Gasteiger partial charge on any atom is -0.481 e. The van der Waals surface area contributed by atoms with Crippen molar-refractivity contribution in [2.24, 2.45) is 5.73 Å². The fourth-order valence-corrected chi connectivity index (χ4v) is 2.57. The Morgan fingerprint density at radius 2 is 1.58 bits per heavy atom. The Morgan fingerprint density at radius 1 is 0.970 bits per heavy atom. The smallest absolute Gasteiger partial charge is 0.325 e. The number of nitrogens with zero attached hydrogens (tertiary/aromatic N) is 1. The molecule has 0 aliphatic rings. The van der Waals surface area contributed by atoms with E-state index in [4.69, 9.17) is 21.1 Å². The maximum atomic E-state index is 12.7. The number of carboxylic acid groups (broad SMARTS) is 3. The Labute approximate surface area is 187 Å². The van der Waals surface area contributed by atoms with Crippen LogP contribution in [0.4, 0.5) is 0 Å². The van der Waals surface area contributed by atoms with Crippen molar-refractivity contribution < 1.29 is 44.1 Å². The van der Waals surface area contributed by atoms with Gasteiger partial charge in [0.1, 0.15) is 18.1 Å². The van der Waals surface area contributed by atoms with Gasteiger partial charge in [-0.2, -0.15) is 0 Å². The average molecular weight is 470 g/mol. The van der Waals surface area contributed by atoms with Gasteiger partial charge in [0.2, 0.25) is 17.7 Å². The number of nitrogens with one attached hydrogen (secondary N) is 4. The van der Waals surface area contributed by atoms with Crippen LogP contribution in [-0.2, 0) is 35.2 Å². The summed E-state index contributed by atoms with van der Waals surface area (Å²) in [7, 11) is 0. The number of carbonyl (C=O) groups is 6. The molecular weight excluding hydrogens is 444 g/mol. The highest BCUT2D eigenvalue weighted by atomic mass is 16.4. The average Bonchev–Trinajstić information content (AvgIpc) is 3.22. The van der Waals surface area contributed by atoms with E-state index >= 15 is 0 Å². The Hall–Kier alpha value is -4.01. The van der Waals surface area contributed by atoms with Crippen molar-refractivity contribution in [2.75, 3.05) is 0 Å². The molecule has 15 heteroatoms. The van der Waals surface area contributed by atoms with Gasteiger partial charge in [0.05, 0.1) is 18.8 Å². The van der Waals surface area contributed by atoms with Gasteiger partial charge in [-0.3, -0.25) is 28.8 Å². The van der Waals surface area contributed by atoms with Gasteiger partial charge in [-0.25, -0.2) is 4.98 Å². The van der Waals surface area contributed by atoms with Crippen LogP contribution in [0.15, 0.2) is 12.5 Å². The first-order chi connectivity index (χ1) is 15.4. The number of amides is 3. The lowest BCUT2D eigenvalue weighted by atomic mass is 10.1. The summed E-state index contributed by atoms with van der Waals surface area (Å²) in [4.78, 5) is 76.8. The zero-order chi connectivity index (χ0) is 25.1. The maximum Gasteiger partial charge on any atom is 0.325 e. The summed E-state index contributed by atoms with van der Waals surface area (Å²) in [6.45, 7) is 1.14. The molecule has 0 aromatic carbocycles. The van der Waals surface area contributed by atoms with Crippen LogP contribution >= 0.6 is 0 Å². The van der Waals surface area contributed by atoms with Crippen molar-refractivity contribution in [2.45, 2.75) is 56.8 Å². The van der Waals surface area contributed by atoms with Crippen LogP contribution in [0.1, 0.15) is 31.9 Å². The first-order valence-electron chi connectivity index (χ1n) is 9.71. The number of aromatic nitrogens is 2. The van der Waals surface area contributed by atoms with Gasteiger partial charge < -0.3 is 42.0 Å². The summed E-state index contributed by atoms with van der Waals surface area (Å²) in [5.41, 5.74) is 6.34. The monoisotopic (exact) mass is 470 g/mol. The van der Waals surface area contributed by atoms with E-state index in [1.165, 1.54) is 12.5 Å². The highest BCUT2D eigenvalue weighted by molar-refractivity contribution is 5.95. The van der Waals surface area contributed by atoms with Crippen molar-refractivity contribution in [3.8, 4) is 0 Å². The number of nitrogens with two attached hydrogens (primary N) is 1.